The second-order valence-corrected chi connectivity index (χ2v) is 10.8. The predicted molar refractivity (Wildman–Crippen MR) is 166 cm³/mol. The van der Waals surface area contributed by atoms with Gasteiger partial charge in [-0.1, -0.05) is 31.2 Å². The minimum atomic E-state index is -1.20. The van der Waals surface area contributed by atoms with Crippen LogP contribution in [0, 0.1) is 3.57 Å². The maximum atomic E-state index is 13.5. The number of para-hydroxylation sites is 1. The maximum absolute atomic E-state index is 13.5. The number of aliphatic hydroxyl groups is 3. The molecule has 2 amide bonds. The SMILES string of the molecule is CCC=CC(=O)N(CCc1ccccc1OC)C1CC(C(=O)NCCO)=CC(Oc2c(I)cc(CO)cc2OC)C1O. The van der Waals surface area contributed by atoms with Crippen LogP contribution in [0.15, 0.2) is 60.2 Å². The van der Waals surface area contributed by atoms with Crippen LogP contribution < -0.4 is 19.5 Å². The minimum Gasteiger partial charge on any atom is -0.496 e. The van der Waals surface area contributed by atoms with Crippen molar-refractivity contribution in [3.63, 3.8) is 0 Å². The van der Waals surface area contributed by atoms with Crippen LogP contribution in [-0.2, 0) is 22.6 Å². The summed E-state index contributed by atoms with van der Waals surface area (Å²) in [6.07, 6.45) is 3.75. The van der Waals surface area contributed by atoms with Crippen molar-refractivity contribution in [2.45, 2.75) is 51.0 Å². The molecule has 4 N–H and O–H groups in total. The van der Waals surface area contributed by atoms with E-state index in [2.05, 4.69) is 27.9 Å². The molecule has 0 spiro atoms. The Bertz CT molecular complexity index is 1280. The molecule has 0 aromatic heterocycles. The van der Waals surface area contributed by atoms with Crippen molar-refractivity contribution in [1.29, 1.82) is 0 Å². The van der Waals surface area contributed by atoms with E-state index < -0.39 is 24.2 Å². The highest BCUT2D eigenvalue weighted by Crippen LogP contribution is 2.37. The standard InChI is InChI=1S/C31H39IN2O8/c1-4-5-10-28(37)34(13-11-21-8-6-7-9-25(21)40-2)24-17-22(31(39)33-12-14-35)18-26(29(24)38)42-30-23(32)15-20(19-36)16-27(30)41-3/h5-10,15-16,18,24,26,29,35-36,38H,4,11-14,17,19H2,1-3H3,(H,33,39). The van der Waals surface area contributed by atoms with E-state index in [4.69, 9.17) is 14.2 Å². The quantitative estimate of drug-likeness (QED) is 0.175. The van der Waals surface area contributed by atoms with Crippen molar-refractivity contribution in [1.82, 2.24) is 10.2 Å². The molecule has 0 aliphatic heterocycles. The van der Waals surface area contributed by atoms with Crippen molar-refractivity contribution in [2.75, 3.05) is 33.9 Å². The number of hydrogen-bond donors (Lipinski definition) is 4. The average Bonchev–Trinajstić information content (AvgIpc) is 3.00. The highest BCUT2D eigenvalue weighted by atomic mass is 127. The van der Waals surface area contributed by atoms with Gasteiger partial charge in [0, 0.05) is 25.1 Å². The van der Waals surface area contributed by atoms with Crippen LogP contribution in [-0.4, -0.2) is 84.2 Å². The highest BCUT2D eigenvalue weighted by Gasteiger charge is 2.40. The Labute approximate surface area is 260 Å². The number of rotatable bonds is 14. The first-order valence-corrected chi connectivity index (χ1v) is 14.9. The topological polar surface area (TPSA) is 138 Å². The smallest absolute Gasteiger partial charge is 0.247 e. The van der Waals surface area contributed by atoms with Crippen LogP contribution in [0.5, 0.6) is 17.2 Å². The van der Waals surface area contributed by atoms with Crippen LogP contribution in [0.1, 0.15) is 30.9 Å². The molecule has 3 unspecified atom stereocenters. The van der Waals surface area contributed by atoms with Gasteiger partial charge in [0.1, 0.15) is 18.0 Å². The summed E-state index contributed by atoms with van der Waals surface area (Å²) in [4.78, 5) is 28.2. The monoisotopic (exact) mass is 694 g/mol. The molecule has 3 rings (SSSR count). The summed E-state index contributed by atoms with van der Waals surface area (Å²) in [6.45, 7) is 1.80. The number of aliphatic hydroxyl groups excluding tert-OH is 3. The van der Waals surface area contributed by atoms with E-state index in [0.717, 1.165) is 5.56 Å². The van der Waals surface area contributed by atoms with Gasteiger partial charge in [-0.25, -0.2) is 0 Å². The van der Waals surface area contributed by atoms with E-state index >= 15 is 0 Å². The molecule has 2 aromatic rings. The number of nitrogens with zero attached hydrogens (tertiary/aromatic N) is 1. The zero-order chi connectivity index (χ0) is 30.6. The van der Waals surface area contributed by atoms with E-state index in [1.165, 1.54) is 13.2 Å². The summed E-state index contributed by atoms with van der Waals surface area (Å²) in [6, 6.07) is 10.1. The fourth-order valence-corrected chi connectivity index (χ4v) is 5.59. The van der Waals surface area contributed by atoms with Crippen LogP contribution >= 0.6 is 22.6 Å². The first-order valence-electron chi connectivity index (χ1n) is 13.8. The molecule has 0 fully saturated rings. The Balaban J connectivity index is 2.02. The Kier molecular flexibility index (Phi) is 13.1. The molecular weight excluding hydrogens is 655 g/mol. The summed E-state index contributed by atoms with van der Waals surface area (Å²) in [5.74, 6) is 0.662. The third kappa shape index (κ3) is 8.46. The largest absolute Gasteiger partial charge is 0.496 e. The lowest BCUT2D eigenvalue weighted by Gasteiger charge is -2.40. The molecule has 2 aromatic carbocycles. The van der Waals surface area contributed by atoms with Crippen molar-refractivity contribution in [2.24, 2.45) is 0 Å². The van der Waals surface area contributed by atoms with E-state index in [0.29, 0.717) is 44.8 Å². The molecule has 0 radical (unpaired) electrons. The number of nitrogens with one attached hydrogen (secondary N) is 1. The average molecular weight is 695 g/mol. The summed E-state index contributed by atoms with van der Waals surface area (Å²) < 4.78 is 17.9. The number of benzene rings is 2. The van der Waals surface area contributed by atoms with Crippen molar-refractivity contribution in [3.8, 4) is 17.2 Å². The molecule has 10 nitrogen and oxygen atoms in total. The van der Waals surface area contributed by atoms with E-state index in [9.17, 15) is 24.9 Å². The second-order valence-electron chi connectivity index (χ2n) is 9.69. The number of halogens is 1. The maximum Gasteiger partial charge on any atom is 0.247 e. The molecule has 0 heterocycles. The van der Waals surface area contributed by atoms with Crippen LogP contribution in [0.4, 0.5) is 0 Å². The van der Waals surface area contributed by atoms with Crippen LogP contribution in [0.25, 0.3) is 0 Å². The molecule has 0 bridgehead atoms. The summed E-state index contributed by atoms with van der Waals surface area (Å²) in [5.41, 5.74) is 1.84. The third-order valence-electron chi connectivity index (χ3n) is 6.93. The first-order chi connectivity index (χ1) is 20.3. The Morgan fingerprint density at radius 3 is 2.55 bits per heavy atom. The fraction of sp³-hybridized carbons (Fsp3) is 0.419. The molecule has 42 heavy (non-hydrogen) atoms. The Morgan fingerprint density at radius 1 is 1.14 bits per heavy atom. The third-order valence-corrected chi connectivity index (χ3v) is 7.74. The molecule has 1 aliphatic rings. The number of hydrogen-bond acceptors (Lipinski definition) is 8. The normalized spacial score (nSPS) is 18.4. The van der Waals surface area contributed by atoms with Gasteiger partial charge in [0.25, 0.3) is 0 Å². The van der Waals surface area contributed by atoms with Gasteiger partial charge in [0.15, 0.2) is 11.5 Å². The van der Waals surface area contributed by atoms with Gasteiger partial charge in [-0.15, -0.1) is 0 Å². The lowest BCUT2D eigenvalue weighted by Crippen LogP contribution is -2.55. The van der Waals surface area contributed by atoms with Crippen molar-refractivity contribution >= 4 is 34.4 Å². The van der Waals surface area contributed by atoms with Crippen LogP contribution in [0.3, 0.4) is 0 Å². The van der Waals surface area contributed by atoms with Gasteiger partial charge in [-0.3, -0.25) is 9.59 Å². The molecule has 228 valence electrons. The minimum absolute atomic E-state index is 0.0545. The second kappa shape index (κ2) is 16.5. The number of allylic oxidation sites excluding steroid dienone is 1. The molecule has 0 saturated carbocycles. The number of amides is 2. The number of methoxy groups -OCH3 is 2. The lowest BCUT2D eigenvalue weighted by atomic mass is 9.87. The van der Waals surface area contributed by atoms with Gasteiger partial charge in [0.2, 0.25) is 11.8 Å². The van der Waals surface area contributed by atoms with Gasteiger partial charge in [-0.05, 0) is 76.9 Å². The van der Waals surface area contributed by atoms with Gasteiger partial charge < -0.3 is 39.7 Å². The zero-order valence-electron chi connectivity index (χ0n) is 24.1. The Hall–Kier alpha value is -3.13. The molecule has 1 aliphatic carbocycles. The summed E-state index contributed by atoms with van der Waals surface area (Å²) in [7, 11) is 3.06. The van der Waals surface area contributed by atoms with Crippen LogP contribution in [0.2, 0.25) is 0 Å². The predicted octanol–water partition coefficient (Wildman–Crippen LogP) is 2.75. The molecule has 11 heteroatoms. The van der Waals surface area contributed by atoms with Gasteiger partial charge in [-0.2, -0.15) is 0 Å². The Morgan fingerprint density at radius 2 is 1.88 bits per heavy atom. The molecule has 3 atom stereocenters. The van der Waals surface area contributed by atoms with Crippen molar-refractivity contribution < 1.29 is 39.1 Å². The van der Waals surface area contributed by atoms with E-state index in [1.54, 1.807) is 36.3 Å². The van der Waals surface area contributed by atoms with E-state index in [-0.39, 0.29) is 38.6 Å². The van der Waals surface area contributed by atoms with E-state index in [1.807, 2.05) is 31.2 Å². The zero-order valence-corrected chi connectivity index (χ0v) is 26.2. The summed E-state index contributed by atoms with van der Waals surface area (Å²) in [5, 5.41) is 33.2. The fourth-order valence-electron chi connectivity index (χ4n) is 4.80. The van der Waals surface area contributed by atoms with Gasteiger partial charge >= 0.3 is 0 Å². The highest BCUT2D eigenvalue weighted by molar-refractivity contribution is 14.1. The molecule has 0 saturated heterocycles. The number of carbonyl (C=O) groups excluding carboxylic acids is 2. The summed E-state index contributed by atoms with van der Waals surface area (Å²) >= 11 is 2.06. The van der Waals surface area contributed by atoms with Gasteiger partial charge in [0.05, 0.1) is 37.0 Å². The van der Waals surface area contributed by atoms with Crippen molar-refractivity contribution in [3.05, 3.63) is 74.9 Å². The number of carbonyl (C=O) groups is 2. The lowest BCUT2D eigenvalue weighted by molar-refractivity contribution is -0.133. The molecular formula is C31H39IN2O8. The first kappa shape index (κ1) is 33.4. The number of ether oxygens (including phenoxy) is 3.